The number of hydrogen-bond donors (Lipinski definition) is 0. The lowest BCUT2D eigenvalue weighted by Gasteiger charge is -2.25. The van der Waals surface area contributed by atoms with E-state index in [9.17, 15) is 9.59 Å². The molecule has 1 aliphatic carbocycles. The summed E-state index contributed by atoms with van der Waals surface area (Å²) in [4.78, 5) is 25.5. The predicted molar refractivity (Wildman–Crippen MR) is 116 cm³/mol. The van der Waals surface area contributed by atoms with Crippen LogP contribution in [0.2, 0.25) is 0 Å². The minimum absolute atomic E-state index is 0.137. The van der Waals surface area contributed by atoms with Crippen molar-refractivity contribution in [3.05, 3.63) is 59.8 Å². The normalized spacial score (nSPS) is 34.4. The molecule has 0 spiro atoms. The molecule has 2 fully saturated rings. The van der Waals surface area contributed by atoms with E-state index in [0.29, 0.717) is 17.6 Å². The number of carbonyl (C=O) groups is 2. The van der Waals surface area contributed by atoms with Gasteiger partial charge in [-0.3, -0.25) is 0 Å². The Labute approximate surface area is 181 Å². The monoisotopic (exact) mass is 421 g/mol. The highest BCUT2D eigenvalue weighted by molar-refractivity contribution is 6.04. The molecular formula is C25H27NO5. The van der Waals surface area contributed by atoms with E-state index >= 15 is 0 Å². The first-order chi connectivity index (χ1) is 14.8. The zero-order valence-electron chi connectivity index (χ0n) is 18.1. The average Bonchev–Trinajstić information content (AvgIpc) is 3.17. The second-order valence-electron chi connectivity index (χ2n) is 9.14. The number of epoxide rings is 1. The molecular weight excluding hydrogens is 394 g/mol. The number of rotatable bonds is 2. The van der Waals surface area contributed by atoms with E-state index in [0.717, 1.165) is 29.3 Å². The topological polar surface area (TPSA) is 70.1 Å². The van der Waals surface area contributed by atoms with Crippen LogP contribution in [0, 0.1) is 5.92 Å². The molecule has 6 nitrogen and oxygen atoms in total. The lowest BCUT2D eigenvalue weighted by Crippen LogP contribution is -2.33. The van der Waals surface area contributed by atoms with E-state index in [1.165, 1.54) is 0 Å². The third kappa shape index (κ3) is 3.30. The molecule has 0 N–H and O–H groups in total. The molecule has 0 unspecified atom stereocenters. The van der Waals surface area contributed by atoms with Crippen molar-refractivity contribution in [2.45, 2.75) is 57.0 Å². The number of allylic oxidation sites excluding steroid dienone is 1. The first kappa shape index (κ1) is 20.1. The van der Waals surface area contributed by atoms with Gasteiger partial charge < -0.3 is 18.8 Å². The molecule has 5 atom stereocenters. The summed E-state index contributed by atoms with van der Waals surface area (Å²) >= 11 is 0. The van der Waals surface area contributed by atoms with Gasteiger partial charge in [-0.05, 0) is 44.7 Å². The fourth-order valence-corrected chi connectivity index (χ4v) is 5.02. The van der Waals surface area contributed by atoms with Crippen LogP contribution in [0.5, 0.6) is 0 Å². The van der Waals surface area contributed by atoms with E-state index in [2.05, 4.69) is 19.6 Å². The molecule has 0 amide bonds. The van der Waals surface area contributed by atoms with Crippen LogP contribution in [0.1, 0.15) is 43.5 Å². The number of para-hydroxylation sites is 1. The van der Waals surface area contributed by atoms with Gasteiger partial charge in [-0.15, -0.1) is 0 Å². The number of carbonyl (C=O) groups excluding carboxylic acids is 2. The van der Waals surface area contributed by atoms with Crippen LogP contribution >= 0.6 is 0 Å². The Morgan fingerprint density at radius 2 is 2.10 bits per heavy atom. The van der Waals surface area contributed by atoms with Gasteiger partial charge in [0.05, 0.1) is 11.2 Å². The molecule has 0 radical (unpaired) electrons. The predicted octanol–water partition coefficient (Wildman–Crippen LogP) is 4.09. The highest BCUT2D eigenvalue weighted by Gasteiger charge is 2.61. The Morgan fingerprint density at radius 1 is 1.32 bits per heavy atom. The largest absolute Gasteiger partial charge is 0.455 e. The Bertz CT molecular complexity index is 1130. The van der Waals surface area contributed by atoms with Gasteiger partial charge in [0.2, 0.25) is 0 Å². The van der Waals surface area contributed by atoms with Crippen molar-refractivity contribution in [2.75, 3.05) is 0 Å². The van der Waals surface area contributed by atoms with Crippen molar-refractivity contribution in [1.82, 2.24) is 4.57 Å². The number of hydrogen-bond acceptors (Lipinski definition) is 5. The molecule has 0 saturated carbocycles. The van der Waals surface area contributed by atoms with Crippen molar-refractivity contribution in [2.24, 2.45) is 13.0 Å². The van der Waals surface area contributed by atoms with Crippen molar-refractivity contribution in [3.63, 3.8) is 0 Å². The third-order valence-corrected chi connectivity index (χ3v) is 7.04. The van der Waals surface area contributed by atoms with Crippen LogP contribution in [0.4, 0.5) is 0 Å². The molecule has 1 aromatic carbocycles. The van der Waals surface area contributed by atoms with Gasteiger partial charge in [0.1, 0.15) is 18.3 Å². The number of ether oxygens (including phenoxy) is 3. The fraction of sp³-hybridized carbons (Fsp3) is 0.440. The van der Waals surface area contributed by atoms with Crippen LogP contribution in [0.15, 0.2) is 54.3 Å². The minimum Gasteiger partial charge on any atom is -0.455 e. The van der Waals surface area contributed by atoms with Gasteiger partial charge in [-0.2, -0.15) is 0 Å². The molecule has 1 aromatic heterocycles. The third-order valence-electron chi connectivity index (χ3n) is 7.04. The van der Waals surface area contributed by atoms with Crippen molar-refractivity contribution in [3.8, 4) is 0 Å². The number of benzene rings is 1. The maximum Gasteiger partial charge on any atom is 0.340 e. The Balaban J connectivity index is 1.45. The fourth-order valence-electron chi connectivity index (χ4n) is 5.02. The Kier molecular flexibility index (Phi) is 4.59. The summed E-state index contributed by atoms with van der Waals surface area (Å²) in [6.45, 7) is 8.01. The maximum atomic E-state index is 13.2. The van der Waals surface area contributed by atoms with Crippen LogP contribution in [-0.2, 0) is 26.1 Å². The molecule has 3 aliphatic rings. The van der Waals surface area contributed by atoms with E-state index in [4.69, 9.17) is 14.2 Å². The van der Waals surface area contributed by atoms with Gasteiger partial charge >= 0.3 is 11.9 Å². The molecule has 2 saturated heterocycles. The summed E-state index contributed by atoms with van der Waals surface area (Å²) in [5, 5.41) is 0.861. The minimum atomic E-state index is -0.465. The molecule has 5 rings (SSSR count). The summed E-state index contributed by atoms with van der Waals surface area (Å²) < 4.78 is 19.6. The highest BCUT2D eigenvalue weighted by atomic mass is 16.6. The molecule has 162 valence electrons. The molecule has 2 aliphatic heterocycles. The van der Waals surface area contributed by atoms with Gasteiger partial charge in [-0.1, -0.05) is 30.9 Å². The van der Waals surface area contributed by atoms with E-state index < -0.39 is 6.10 Å². The summed E-state index contributed by atoms with van der Waals surface area (Å²) in [5.41, 5.74) is 2.64. The van der Waals surface area contributed by atoms with E-state index in [1.807, 2.05) is 42.8 Å². The SMILES string of the molecule is C=C1C(=O)O[C@H]2[C@H]1C[C@H](OC(=O)c1cn(C)c3ccccc13)/C(C)=C/CC[C@@]1(C)O[C@@H]21. The zero-order chi connectivity index (χ0) is 21.9. The van der Waals surface area contributed by atoms with Crippen molar-refractivity contribution >= 4 is 22.8 Å². The summed E-state index contributed by atoms with van der Waals surface area (Å²) in [6.07, 6.45) is 5.03. The highest BCUT2D eigenvalue weighted by Crippen LogP contribution is 2.50. The Hall–Kier alpha value is -2.86. The first-order valence-corrected chi connectivity index (χ1v) is 10.8. The summed E-state index contributed by atoms with van der Waals surface area (Å²) in [5.74, 6) is -0.995. The van der Waals surface area contributed by atoms with Crippen LogP contribution in [-0.4, -0.2) is 40.4 Å². The van der Waals surface area contributed by atoms with Gasteiger partial charge in [0.15, 0.2) is 0 Å². The average molecular weight is 421 g/mol. The van der Waals surface area contributed by atoms with Gasteiger partial charge in [0.25, 0.3) is 0 Å². The second-order valence-corrected chi connectivity index (χ2v) is 9.14. The molecule has 0 bridgehead atoms. The van der Waals surface area contributed by atoms with Crippen LogP contribution in [0.25, 0.3) is 10.9 Å². The number of aromatic nitrogens is 1. The molecule has 3 heterocycles. The standard InChI is InChI=1S/C25H27NO5/c1-14-8-7-11-25(3)22(31-25)21-17(15(2)23(27)30-21)12-20(14)29-24(28)18-13-26(4)19-10-6-5-9-16(18)19/h5-6,8-10,13,17,20-22H,2,7,11-12H2,1,3-4H3/b14-8+/t17-,20-,21-,22-,25+/m0/s1. The number of aryl methyl sites for hydroxylation is 1. The number of fused-ring (bicyclic) bond motifs is 4. The second kappa shape index (κ2) is 7.09. The van der Waals surface area contributed by atoms with E-state index in [-0.39, 0.29) is 35.7 Å². The molecule has 6 heteroatoms. The lowest BCUT2D eigenvalue weighted by molar-refractivity contribution is -0.140. The zero-order valence-corrected chi connectivity index (χ0v) is 18.1. The summed E-state index contributed by atoms with van der Waals surface area (Å²) in [6, 6.07) is 7.76. The molecule has 31 heavy (non-hydrogen) atoms. The summed E-state index contributed by atoms with van der Waals surface area (Å²) in [7, 11) is 1.91. The first-order valence-electron chi connectivity index (χ1n) is 10.8. The smallest absolute Gasteiger partial charge is 0.340 e. The maximum absolute atomic E-state index is 13.2. The van der Waals surface area contributed by atoms with Crippen molar-refractivity contribution in [1.29, 1.82) is 0 Å². The quantitative estimate of drug-likeness (QED) is 0.316. The van der Waals surface area contributed by atoms with E-state index in [1.54, 1.807) is 6.20 Å². The molecule has 2 aromatic rings. The lowest BCUT2D eigenvalue weighted by atomic mass is 9.83. The van der Waals surface area contributed by atoms with Crippen molar-refractivity contribution < 1.29 is 23.8 Å². The van der Waals surface area contributed by atoms with Crippen LogP contribution in [0.3, 0.4) is 0 Å². The number of esters is 2. The van der Waals surface area contributed by atoms with Gasteiger partial charge in [0, 0.05) is 35.6 Å². The van der Waals surface area contributed by atoms with Gasteiger partial charge in [-0.25, -0.2) is 9.59 Å². The Morgan fingerprint density at radius 3 is 2.90 bits per heavy atom. The van der Waals surface area contributed by atoms with Crippen LogP contribution < -0.4 is 0 Å². The number of nitrogens with zero attached hydrogens (tertiary/aromatic N) is 1.